The molecule has 4 rings (SSSR count). The highest BCUT2D eigenvalue weighted by Crippen LogP contribution is 2.35. The summed E-state index contributed by atoms with van der Waals surface area (Å²) in [6.07, 6.45) is -4.50. The topological polar surface area (TPSA) is 33.2 Å². The number of aryl methyl sites for hydroxylation is 1. The molecule has 0 aliphatic heterocycles. The number of benzene rings is 2. The first-order valence-electron chi connectivity index (χ1n) is 9.37. The summed E-state index contributed by atoms with van der Waals surface area (Å²) in [6.45, 7) is 1.96. The lowest BCUT2D eigenvalue weighted by molar-refractivity contribution is -0.137. The van der Waals surface area contributed by atoms with E-state index >= 15 is 0 Å². The van der Waals surface area contributed by atoms with Crippen LogP contribution in [0.2, 0.25) is 0 Å². The van der Waals surface area contributed by atoms with Crippen LogP contribution in [-0.4, -0.2) is 10.9 Å². The molecule has 2 aromatic carbocycles. The number of nitrogens with zero attached hydrogens (tertiary/aromatic N) is 2. The second-order valence-corrected chi connectivity index (χ2v) is 9.03. The number of thiophene rings is 1. The molecule has 0 bridgehead atoms. The summed E-state index contributed by atoms with van der Waals surface area (Å²) in [5, 5.41) is 2.58. The van der Waals surface area contributed by atoms with E-state index in [0.29, 0.717) is 9.88 Å². The molecule has 2 aromatic heterocycles. The summed E-state index contributed by atoms with van der Waals surface area (Å²) in [5.41, 5.74) is 0.462. The molecule has 2 heterocycles. The van der Waals surface area contributed by atoms with E-state index in [2.05, 4.69) is 4.98 Å². The van der Waals surface area contributed by atoms with Gasteiger partial charge in [-0.1, -0.05) is 42.5 Å². The smallest absolute Gasteiger partial charge is 0.302 e. The van der Waals surface area contributed by atoms with E-state index in [0.717, 1.165) is 22.6 Å². The molecule has 0 N–H and O–H groups in total. The van der Waals surface area contributed by atoms with Crippen LogP contribution in [-0.2, 0) is 12.7 Å². The predicted molar refractivity (Wildman–Crippen MR) is 119 cm³/mol. The van der Waals surface area contributed by atoms with Crippen LogP contribution in [0.25, 0.3) is 10.4 Å². The summed E-state index contributed by atoms with van der Waals surface area (Å²) in [6, 6.07) is 17.9. The Morgan fingerprint density at radius 2 is 1.81 bits per heavy atom. The molecule has 0 spiro atoms. The van der Waals surface area contributed by atoms with Gasteiger partial charge in [-0.25, -0.2) is 4.98 Å². The summed E-state index contributed by atoms with van der Waals surface area (Å²) in [7, 11) is 0. The third-order valence-electron chi connectivity index (χ3n) is 4.60. The zero-order chi connectivity index (χ0) is 22.0. The number of halogens is 3. The highest BCUT2D eigenvalue weighted by atomic mass is 32.1. The SMILES string of the molecule is Cc1nc(C(=O)N(Cc2cccs2)c2cccc(C(F)(F)F)c2)c(-c2ccccc2)s1. The summed E-state index contributed by atoms with van der Waals surface area (Å²) in [4.78, 5) is 21.0. The average Bonchev–Trinajstić information content (AvgIpc) is 3.41. The number of alkyl halides is 3. The van der Waals surface area contributed by atoms with Crippen molar-refractivity contribution in [3.63, 3.8) is 0 Å². The number of thiazole rings is 1. The fourth-order valence-corrected chi connectivity index (χ4v) is 4.78. The maximum absolute atomic E-state index is 13.6. The maximum Gasteiger partial charge on any atom is 0.416 e. The normalized spacial score (nSPS) is 11.5. The molecule has 0 aliphatic carbocycles. The summed E-state index contributed by atoms with van der Waals surface area (Å²) < 4.78 is 39.9. The van der Waals surface area contributed by atoms with Gasteiger partial charge < -0.3 is 4.90 Å². The second-order valence-electron chi connectivity index (χ2n) is 6.80. The standard InChI is InChI=1S/C23H17F3N2OS2/c1-15-27-20(21(31-15)16-7-3-2-4-8-16)22(29)28(14-19-11-6-12-30-19)18-10-5-9-17(13-18)23(24,25)26/h2-13H,14H2,1H3. The first-order chi connectivity index (χ1) is 14.8. The molecular formula is C23H17F3N2OS2. The van der Waals surface area contributed by atoms with Gasteiger partial charge >= 0.3 is 6.18 Å². The van der Waals surface area contributed by atoms with Gasteiger partial charge in [-0.3, -0.25) is 4.79 Å². The van der Waals surface area contributed by atoms with Gasteiger partial charge in [0.1, 0.15) is 5.69 Å². The third kappa shape index (κ3) is 4.70. The summed E-state index contributed by atoms with van der Waals surface area (Å²) >= 11 is 2.83. The van der Waals surface area contributed by atoms with Crippen molar-refractivity contribution < 1.29 is 18.0 Å². The molecule has 158 valence electrons. The number of anilines is 1. The zero-order valence-corrected chi connectivity index (χ0v) is 18.0. The molecule has 31 heavy (non-hydrogen) atoms. The van der Waals surface area contributed by atoms with Gasteiger partial charge in [0.25, 0.3) is 5.91 Å². The van der Waals surface area contributed by atoms with Crippen LogP contribution in [0.15, 0.2) is 72.1 Å². The van der Waals surface area contributed by atoms with Gasteiger partial charge in [0, 0.05) is 10.6 Å². The van der Waals surface area contributed by atoms with Crippen LogP contribution in [0.5, 0.6) is 0 Å². The number of carbonyl (C=O) groups is 1. The Bertz CT molecular complexity index is 1190. The van der Waals surface area contributed by atoms with Crippen LogP contribution in [0.3, 0.4) is 0 Å². The van der Waals surface area contributed by atoms with Gasteiger partial charge in [0.05, 0.1) is 22.0 Å². The van der Waals surface area contributed by atoms with E-state index in [-0.39, 0.29) is 17.9 Å². The summed E-state index contributed by atoms with van der Waals surface area (Å²) in [5.74, 6) is -0.434. The van der Waals surface area contributed by atoms with Crippen molar-refractivity contribution in [3.05, 3.63) is 93.3 Å². The van der Waals surface area contributed by atoms with E-state index in [9.17, 15) is 18.0 Å². The van der Waals surface area contributed by atoms with Crippen molar-refractivity contribution in [2.75, 3.05) is 4.90 Å². The Morgan fingerprint density at radius 3 is 2.48 bits per heavy atom. The molecule has 3 nitrogen and oxygen atoms in total. The quantitative estimate of drug-likeness (QED) is 0.321. The minimum absolute atomic E-state index is 0.155. The number of aromatic nitrogens is 1. The fourth-order valence-electron chi connectivity index (χ4n) is 3.17. The van der Waals surface area contributed by atoms with Crippen LogP contribution in [0.1, 0.15) is 25.9 Å². The highest BCUT2D eigenvalue weighted by molar-refractivity contribution is 7.15. The molecule has 0 saturated heterocycles. The molecule has 4 aromatic rings. The lowest BCUT2D eigenvalue weighted by Crippen LogP contribution is -2.31. The maximum atomic E-state index is 13.6. The lowest BCUT2D eigenvalue weighted by Gasteiger charge is -2.23. The predicted octanol–water partition coefficient (Wildman–Crippen LogP) is 7.05. The monoisotopic (exact) mass is 458 g/mol. The second kappa shape index (κ2) is 8.64. The van der Waals surface area contributed by atoms with Crippen LogP contribution < -0.4 is 4.90 Å². The number of carbonyl (C=O) groups excluding carboxylic acids is 1. The van der Waals surface area contributed by atoms with Crippen molar-refractivity contribution in [1.29, 1.82) is 0 Å². The molecule has 0 unspecified atom stereocenters. The Morgan fingerprint density at radius 1 is 1.03 bits per heavy atom. The molecule has 1 amide bonds. The largest absolute Gasteiger partial charge is 0.416 e. The van der Waals surface area contributed by atoms with Crippen molar-refractivity contribution in [2.45, 2.75) is 19.6 Å². The zero-order valence-electron chi connectivity index (χ0n) is 16.4. The third-order valence-corrected chi connectivity index (χ3v) is 6.48. The molecule has 0 radical (unpaired) electrons. The van der Waals surface area contributed by atoms with Crippen molar-refractivity contribution >= 4 is 34.3 Å². The number of hydrogen-bond acceptors (Lipinski definition) is 4. The van der Waals surface area contributed by atoms with Gasteiger partial charge in [0.15, 0.2) is 0 Å². The number of amides is 1. The number of rotatable bonds is 5. The highest BCUT2D eigenvalue weighted by Gasteiger charge is 2.32. The van der Waals surface area contributed by atoms with Crippen LogP contribution in [0.4, 0.5) is 18.9 Å². The molecule has 8 heteroatoms. The van der Waals surface area contributed by atoms with Gasteiger partial charge in [-0.2, -0.15) is 13.2 Å². The molecular weight excluding hydrogens is 441 g/mol. The van der Waals surface area contributed by atoms with Gasteiger partial charge in [0.2, 0.25) is 0 Å². The molecule has 0 fully saturated rings. The van der Waals surface area contributed by atoms with Crippen LogP contribution in [0, 0.1) is 6.92 Å². The van der Waals surface area contributed by atoms with Gasteiger partial charge in [-0.05, 0) is 42.1 Å². The minimum Gasteiger partial charge on any atom is -0.302 e. The van der Waals surface area contributed by atoms with E-state index in [4.69, 9.17) is 0 Å². The van der Waals surface area contributed by atoms with E-state index in [1.54, 1.807) is 0 Å². The van der Waals surface area contributed by atoms with E-state index in [1.165, 1.54) is 39.7 Å². The Balaban J connectivity index is 1.80. The van der Waals surface area contributed by atoms with Crippen molar-refractivity contribution in [2.24, 2.45) is 0 Å². The van der Waals surface area contributed by atoms with Gasteiger partial charge in [-0.15, -0.1) is 22.7 Å². The van der Waals surface area contributed by atoms with Crippen LogP contribution >= 0.6 is 22.7 Å². The number of hydrogen-bond donors (Lipinski definition) is 0. The Labute approximate surface area is 185 Å². The van der Waals surface area contributed by atoms with Crippen molar-refractivity contribution in [1.82, 2.24) is 4.98 Å². The van der Waals surface area contributed by atoms with E-state index < -0.39 is 17.6 Å². The molecule has 0 aliphatic rings. The van der Waals surface area contributed by atoms with E-state index in [1.807, 2.05) is 54.8 Å². The van der Waals surface area contributed by atoms with Crippen molar-refractivity contribution in [3.8, 4) is 10.4 Å². The Hall–Kier alpha value is -2.97. The first kappa shape index (κ1) is 21.3. The fraction of sp³-hybridized carbons (Fsp3) is 0.130. The lowest BCUT2D eigenvalue weighted by atomic mass is 10.1. The Kier molecular flexibility index (Phi) is 5.93. The first-order valence-corrected chi connectivity index (χ1v) is 11.1. The molecule has 0 atom stereocenters. The molecule has 0 saturated carbocycles. The average molecular weight is 459 g/mol. The minimum atomic E-state index is -4.50.